The van der Waals surface area contributed by atoms with Crippen molar-refractivity contribution < 1.29 is 4.52 Å². The Morgan fingerprint density at radius 1 is 1.31 bits per heavy atom. The number of hydrogen-bond acceptors (Lipinski definition) is 4. The minimum atomic E-state index is 0.782. The predicted octanol–water partition coefficient (Wildman–Crippen LogP) is 0.764. The summed E-state index contributed by atoms with van der Waals surface area (Å²) in [6, 6.07) is 1.87. The quantitative estimate of drug-likeness (QED) is 0.613. The maximum Gasteiger partial charge on any atom is 0.124 e. The van der Waals surface area contributed by atoms with Crippen LogP contribution in [0.1, 0.15) is 19.0 Å². The summed E-state index contributed by atoms with van der Waals surface area (Å²) in [4.78, 5) is 0. The number of aromatic nitrogens is 1. The molecule has 0 aromatic carbocycles. The van der Waals surface area contributed by atoms with Crippen LogP contribution in [0.15, 0.2) is 16.9 Å². The highest BCUT2D eigenvalue weighted by Gasteiger charge is 1.93. The van der Waals surface area contributed by atoms with E-state index in [0.29, 0.717) is 0 Å². The van der Waals surface area contributed by atoms with Crippen molar-refractivity contribution in [2.24, 2.45) is 0 Å². The van der Waals surface area contributed by atoms with E-state index in [2.05, 4.69) is 22.7 Å². The molecule has 4 nitrogen and oxygen atoms in total. The van der Waals surface area contributed by atoms with Crippen LogP contribution in [0.25, 0.3) is 0 Å². The van der Waals surface area contributed by atoms with Gasteiger partial charge >= 0.3 is 0 Å². The molecule has 1 aromatic rings. The van der Waals surface area contributed by atoms with Crippen LogP contribution >= 0.6 is 0 Å². The van der Waals surface area contributed by atoms with Crippen molar-refractivity contribution >= 4 is 0 Å². The summed E-state index contributed by atoms with van der Waals surface area (Å²) >= 11 is 0. The molecule has 0 saturated carbocycles. The van der Waals surface area contributed by atoms with Crippen molar-refractivity contribution in [3.05, 3.63) is 18.0 Å². The summed E-state index contributed by atoms with van der Waals surface area (Å²) < 4.78 is 4.70. The zero-order valence-corrected chi connectivity index (χ0v) is 8.05. The molecule has 0 unspecified atom stereocenters. The van der Waals surface area contributed by atoms with Crippen LogP contribution in [0.4, 0.5) is 0 Å². The first-order chi connectivity index (χ1) is 6.43. The van der Waals surface area contributed by atoms with Gasteiger partial charge in [0.25, 0.3) is 0 Å². The van der Waals surface area contributed by atoms with E-state index in [0.717, 1.165) is 31.9 Å². The molecule has 0 radical (unpaired) electrons. The molecule has 0 bridgehead atoms. The summed E-state index contributed by atoms with van der Waals surface area (Å²) in [6.07, 6.45) is 2.77. The van der Waals surface area contributed by atoms with Crippen molar-refractivity contribution in [1.82, 2.24) is 15.8 Å². The summed E-state index contributed by atoms with van der Waals surface area (Å²) in [5, 5.41) is 10.4. The average Bonchev–Trinajstić information content (AvgIpc) is 2.63. The second-order valence-electron chi connectivity index (χ2n) is 2.92. The molecule has 0 saturated heterocycles. The lowest BCUT2D eigenvalue weighted by Gasteiger charge is -2.03. The van der Waals surface area contributed by atoms with E-state index in [-0.39, 0.29) is 0 Å². The molecule has 0 aliphatic heterocycles. The highest BCUT2D eigenvalue weighted by Crippen LogP contribution is 1.91. The van der Waals surface area contributed by atoms with Gasteiger partial charge in [-0.15, -0.1) is 0 Å². The van der Waals surface area contributed by atoms with Gasteiger partial charge < -0.3 is 15.2 Å². The molecule has 0 atom stereocenters. The van der Waals surface area contributed by atoms with Gasteiger partial charge in [-0.05, 0) is 13.0 Å². The third kappa shape index (κ3) is 4.65. The first kappa shape index (κ1) is 10.2. The maximum atomic E-state index is 4.70. The Balaban J connectivity index is 1.90. The van der Waals surface area contributed by atoms with Gasteiger partial charge in [0.05, 0.1) is 5.69 Å². The zero-order chi connectivity index (χ0) is 9.36. The molecule has 0 fully saturated rings. The van der Waals surface area contributed by atoms with Crippen LogP contribution < -0.4 is 10.6 Å². The Morgan fingerprint density at radius 2 is 2.15 bits per heavy atom. The van der Waals surface area contributed by atoms with Crippen LogP contribution in [0.2, 0.25) is 0 Å². The van der Waals surface area contributed by atoms with Crippen LogP contribution in [-0.4, -0.2) is 24.8 Å². The minimum Gasteiger partial charge on any atom is -0.364 e. The number of nitrogens with zero attached hydrogens (tertiary/aromatic N) is 1. The third-order valence-corrected chi connectivity index (χ3v) is 1.70. The van der Waals surface area contributed by atoms with E-state index in [1.165, 1.54) is 6.42 Å². The molecule has 74 valence electrons. The second kappa shape index (κ2) is 6.62. The maximum absolute atomic E-state index is 4.70. The largest absolute Gasteiger partial charge is 0.364 e. The van der Waals surface area contributed by atoms with E-state index < -0.39 is 0 Å². The summed E-state index contributed by atoms with van der Waals surface area (Å²) in [6.45, 7) is 6.00. The van der Waals surface area contributed by atoms with Crippen LogP contribution in [0, 0.1) is 0 Å². The van der Waals surface area contributed by atoms with Gasteiger partial charge in [-0.3, -0.25) is 0 Å². The smallest absolute Gasteiger partial charge is 0.124 e. The Kier molecular flexibility index (Phi) is 5.20. The van der Waals surface area contributed by atoms with Crippen molar-refractivity contribution in [2.45, 2.75) is 19.9 Å². The molecule has 1 rings (SSSR count). The molecule has 0 aliphatic carbocycles. The lowest BCUT2D eigenvalue weighted by molar-refractivity contribution is 0.408. The second-order valence-corrected chi connectivity index (χ2v) is 2.92. The molecule has 0 amide bonds. The van der Waals surface area contributed by atoms with E-state index >= 15 is 0 Å². The lowest BCUT2D eigenvalue weighted by Crippen LogP contribution is -2.27. The summed E-state index contributed by atoms with van der Waals surface area (Å²) in [5.41, 5.74) is 0.954. The molecule has 1 aromatic heterocycles. The van der Waals surface area contributed by atoms with E-state index in [1.807, 2.05) is 6.07 Å². The highest BCUT2D eigenvalue weighted by atomic mass is 16.5. The predicted molar refractivity (Wildman–Crippen MR) is 51.4 cm³/mol. The van der Waals surface area contributed by atoms with Gasteiger partial charge in [0.2, 0.25) is 0 Å². The van der Waals surface area contributed by atoms with E-state index in [4.69, 9.17) is 4.52 Å². The standard InChI is InChI=1S/C9H17N3O/c1-2-4-10-5-6-11-8-9-3-7-13-12-9/h3,7,10-11H,2,4-6,8H2,1H3. The Bertz CT molecular complexity index is 199. The van der Waals surface area contributed by atoms with Gasteiger partial charge in [0.15, 0.2) is 0 Å². The first-order valence-corrected chi connectivity index (χ1v) is 4.74. The fraction of sp³-hybridized carbons (Fsp3) is 0.667. The molecule has 13 heavy (non-hydrogen) atoms. The summed E-state index contributed by atoms with van der Waals surface area (Å²) in [5.74, 6) is 0. The SMILES string of the molecule is CCCNCCNCc1ccon1. The first-order valence-electron chi connectivity index (χ1n) is 4.74. The van der Waals surface area contributed by atoms with Crippen LogP contribution in [0.3, 0.4) is 0 Å². The van der Waals surface area contributed by atoms with Gasteiger partial charge in [-0.1, -0.05) is 12.1 Å². The van der Waals surface area contributed by atoms with Gasteiger partial charge in [0.1, 0.15) is 6.26 Å². The van der Waals surface area contributed by atoms with Crippen molar-refractivity contribution in [3.63, 3.8) is 0 Å². The van der Waals surface area contributed by atoms with Crippen LogP contribution in [-0.2, 0) is 6.54 Å². The normalized spacial score (nSPS) is 10.5. The van der Waals surface area contributed by atoms with Crippen molar-refractivity contribution in [1.29, 1.82) is 0 Å². The molecular formula is C9H17N3O. The molecular weight excluding hydrogens is 166 g/mol. The zero-order valence-electron chi connectivity index (χ0n) is 8.05. The van der Waals surface area contributed by atoms with Gasteiger partial charge in [-0.25, -0.2) is 0 Å². The monoisotopic (exact) mass is 183 g/mol. The lowest BCUT2D eigenvalue weighted by atomic mass is 10.4. The van der Waals surface area contributed by atoms with E-state index in [9.17, 15) is 0 Å². The van der Waals surface area contributed by atoms with Gasteiger partial charge in [0, 0.05) is 25.7 Å². The fourth-order valence-corrected chi connectivity index (χ4v) is 1.02. The Labute approximate surface area is 78.7 Å². The van der Waals surface area contributed by atoms with Gasteiger partial charge in [-0.2, -0.15) is 0 Å². The summed E-state index contributed by atoms with van der Waals surface area (Å²) in [7, 11) is 0. The highest BCUT2D eigenvalue weighted by molar-refractivity contribution is 4.93. The molecule has 0 aliphatic rings. The molecule has 1 heterocycles. The molecule has 0 spiro atoms. The van der Waals surface area contributed by atoms with Crippen molar-refractivity contribution in [2.75, 3.05) is 19.6 Å². The van der Waals surface area contributed by atoms with Crippen LogP contribution in [0.5, 0.6) is 0 Å². The topological polar surface area (TPSA) is 50.1 Å². The minimum absolute atomic E-state index is 0.782. The number of rotatable bonds is 7. The average molecular weight is 183 g/mol. The number of hydrogen-bond donors (Lipinski definition) is 2. The fourth-order valence-electron chi connectivity index (χ4n) is 1.02. The number of nitrogens with one attached hydrogen (secondary N) is 2. The van der Waals surface area contributed by atoms with Crippen molar-refractivity contribution in [3.8, 4) is 0 Å². The third-order valence-electron chi connectivity index (χ3n) is 1.70. The Hall–Kier alpha value is -0.870. The molecule has 2 N–H and O–H groups in total. The van der Waals surface area contributed by atoms with E-state index in [1.54, 1.807) is 6.26 Å². The Morgan fingerprint density at radius 3 is 2.85 bits per heavy atom. The molecule has 4 heteroatoms.